The van der Waals surface area contributed by atoms with Crippen molar-refractivity contribution >= 4 is 60.7 Å². The van der Waals surface area contributed by atoms with Crippen LogP contribution in [0.2, 0.25) is 10.0 Å². The molecule has 1 amide bonds. The summed E-state index contributed by atoms with van der Waals surface area (Å²) in [6, 6.07) is 16.6. The number of aryl methyl sites for hydroxylation is 2. The number of anilines is 1. The lowest BCUT2D eigenvalue weighted by Gasteiger charge is -2.23. The van der Waals surface area contributed by atoms with E-state index in [4.69, 9.17) is 23.2 Å². The molecule has 0 atom stereocenters. The van der Waals surface area contributed by atoms with Crippen LogP contribution in [0.3, 0.4) is 0 Å². The van der Waals surface area contributed by atoms with Crippen LogP contribution in [0.5, 0.6) is 0 Å². The summed E-state index contributed by atoms with van der Waals surface area (Å²) in [7, 11) is -3.97. The van der Waals surface area contributed by atoms with E-state index in [2.05, 4.69) is 21.2 Å². The third-order valence-corrected chi connectivity index (χ3v) is 7.84. The molecule has 0 saturated carbocycles. The lowest BCUT2D eigenvalue weighted by molar-refractivity contribution is -0.116. The molecule has 0 spiro atoms. The highest BCUT2D eigenvalue weighted by molar-refractivity contribution is 9.10. The third-order valence-electron chi connectivity index (χ3n) is 5.07. The first-order valence-electron chi connectivity index (χ1n) is 10.2. The van der Waals surface area contributed by atoms with Crippen LogP contribution >= 0.6 is 39.1 Å². The van der Waals surface area contributed by atoms with E-state index in [1.807, 2.05) is 26.0 Å². The Kier molecular flexibility index (Phi) is 8.59. The molecule has 0 bridgehead atoms. The van der Waals surface area contributed by atoms with Gasteiger partial charge in [0.25, 0.3) is 0 Å². The molecule has 0 aromatic heterocycles. The molecule has 3 aromatic rings. The second-order valence-electron chi connectivity index (χ2n) is 7.51. The minimum Gasteiger partial charge on any atom is -0.324 e. The summed E-state index contributed by atoms with van der Waals surface area (Å²) < 4.78 is 28.9. The molecule has 0 aliphatic heterocycles. The van der Waals surface area contributed by atoms with Crippen molar-refractivity contribution in [2.45, 2.75) is 31.7 Å². The Hall–Kier alpha value is -1.90. The number of carbonyl (C=O) groups excluding carboxylic acids is 1. The van der Waals surface area contributed by atoms with Crippen LogP contribution in [-0.4, -0.2) is 25.2 Å². The van der Waals surface area contributed by atoms with E-state index in [9.17, 15) is 13.2 Å². The van der Waals surface area contributed by atoms with Gasteiger partial charge in [-0.25, -0.2) is 8.42 Å². The van der Waals surface area contributed by atoms with Gasteiger partial charge in [-0.05, 0) is 78.6 Å². The zero-order valence-corrected chi connectivity index (χ0v) is 22.0. The number of hydrogen-bond acceptors (Lipinski definition) is 3. The van der Waals surface area contributed by atoms with Gasteiger partial charge in [0.05, 0.1) is 11.4 Å². The first kappa shape index (κ1) is 25.7. The lowest BCUT2D eigenvalue weighted by atomic mass is 10.1. The van der Waals surface area contributed by atoms with Gasteiger partial charge in [0, 0.05) is 26.8 Å². The van der Waals surface area contributed by atoms with E-state index in [0.717, 1.165) is 19.9 Å². The molecule has 33 heavy (non-hydrogen) atoms. The van der Waals surface area contributed by atoms with Crippen molar-refractivity contribution in [2.24, 2.45) is 0 Å². The smallest absolute Gasteiger partial charge is 0.243 e. The van der Waals surface area contributed by atoms with Gasteiger partial charge in [-0.3, -0.25) is 4.79 Å². The molecule has 9 heteroatoms. The Balaban J connectivity index is 1.92. The van der Waals surface area contributed by atoms with Gasteiger partial charge >= 0.3 is 0 Å². The summed E-state index contributed by atoms with van der Waals surface area (Å²) in [5, 5.41) is 3.87. The molecule has 0 heterocycles. The number of carbonyl (C=O) groups is 1. The molecule has 174 valence electrons. The number of halogens is 3. The van der Waals surface area contributed by atoms with Gasteiger partial charge in [-0.2, -0.15) is 4.31 Å². The van der Waals surface area contributed by atoms with Gasteiger partial charge in [0.2, 0.25) is 15.9 Å². The Labute approximate surface area is 212 Å². The highest BCUT2D eigenvalue weighted by atomic mass is 79.9. The van der Waals surface area contributed by atoms with Crippen LogP contribution in [0.25, 0.3) is 0 Å². The number of hydrogen-bond donors (Lipinski definition) is 1. The van der Waals surface area contributed by atoms with Crippen LogP contribution in [0.1, 0.15) is 23.6 Å². The molecule has 3 rings (SSSR count). The fraction of sp³-hybridized carbons (Fsp3) is 0.208. The maximum absolute atomic E-state index is 13.4. The molecular formula is C24H23BrCl2N2O3S. The van der Waals surface area contributed by atoms with E-state index >= 15 is 0 Å². The standard InChI is InChI=1S/C24H23BrCl2N2O3S/c1-3-18-13-19(25)12-16(2)24(18)28-23(30)15-29(14-17-4-6-20(26)7-5-17)33(31,32)22-10-8-21(27)9-11-22/h4-13H,3,14-15H2,1-2H3,(H,28,30). The second-order valence-corrected chi connectivity index (χ2v) is 11.2. The largest absolute Gasteiger partial charge is 0.324 e. The fourth-order valence-electron chi connectivity index (χ4n) is 3.38. The number of sulfonamides is 1. The fourth-order valence-corrected chi connectivity index (χ4v) is 5.64. The molecule has 0 unspecified atom stereocenters. The van der Waals surface area contributed by atoms with E-state index < -0.39 is 15.9 Å². The predicted molar refractivity (Wildman–Crippen MR) is 137 cm³/mol. The van der Waals surface area contributed by atoms with Crippen molar-refractivity contribution in [1.29, 1.82) is 0 Å². The molecule has 1 N–H and O–H groups in total. The highest BCUT2D eigenvalue weighted by Gasteiger charge is 2.27. The average molecular weight is 570 g/mol. The maximum atomic E-state index is 13.4. The van der Waals surface area contributed by atoms with Gasteiger partial charge < -0.3 is 5.32 Å². The topological polar surface area (TPSA) is 66.5 Å². The van der Waals surface area contributed by atoms with Crippen molar-refractivity contribution in [2.75, 3.05) is 11.9 Å². The zero-order chi connectivity index (χ0) is 24.2. The van der Waals surface area contributed by atoms with Crippen LogP contribution < -0.4 is 5.32 Å². The lowest BCUT2D eigenvalue weighted by Crippen LogP contribution is -2.37. The summed E-state index contributed by atoms with van der Waals surface area (Å²) in [6.45, 7) is 3.55. The molecule has 0 saturated heterocycles. The minimum absolute atomic E-state index is 0.00943. The SMILES string of the molecule is CCc1cc(Br)cc(C)c1NC(=O)CN(Cc1ccc(Cl)cc1)S(=O)(=O)c1ccc(Cl)cc1. The van der Waals surface area contributed by atoms with Crippen molar-refractivity contribution in [3.63, 3.8) is 0 Å². The van der Waals surface area contributed by atoms with Crippen molar-refractivity contribution in [3.05, 3.63) is 91.9 Å². The quantitative estimate of drug-likeness (QED) is 0.339. The number of nitrogens with zero attached hydrogens (tertiary/aromatic N) is 1. The van der Waals surface area contributed by atoms with Gasteiger partial charge in [0.15, 0.2) is 0 Å². The summed E-state index contributed by atoms with van der Waals surface area (Å²) in [4.78, 5) is 13.1. The number of nitrogens with one attached hydrogen (secondary N) is 1. The molecule has 0 radical (unpaired) electrons. The Morgan fingerprint density at radius 1 is 1.00 bits per heavy atom. The highest BCUT2D eigenvalue weighted by Crippen LogP contribution is 2.27. The van der Waals surface area contributed by atoms with E-state index in [1.165, 1.54) is 24.3 Å². The van der Waals surface area contributed by atoms with Crippen molar-refractivity contribution < 1.29 is 13.2 Å². The minimum atomic E-state index is -3.97. The van der Waals surface area contributed by atoms with Crippen LogP contribution in [0, 0.1) is 6.92 Å². The Bertz CT molecular complexity index is 1250. The van der Waals surface area contributed by atoms with Crippen LogP contribution in [-0.2, 0) is 27.8 Å². The summed E-state index contributed by atoms with van der Waals surface area (Å²) >= 11 is 15.4. The Morgan fingerprint density at radius 2 is 1.58 bits per heavy atom. The number of amides is 1. The van der Waals surface area contributed by atoms with Crippen molar-refractivity contribution in [3.8, 4) is 0 Å². The monoisotopic (exact) mass is 568 g/mol. The molecular weight excluding hydrogens is 547 g/mol. The summed E-state index contributed by atoms with van der Waals surface area (Å²) in [5.74, 6) is -0.429. The second kappa shape index (κ2) is 11.0. The number of rotatable bonds is 8. The molecule has 0 aliphatic rings. The molecule has 5 nitrogen and oxygen atoms in total. The van der Waals surface area contributed by atoms with Crippen LogP contribution in [0.15, 0.2) is 70.0 Å². The number of benzene rings is 3. The average Bonchev–Trinajstić information content (AvgIpc) is 2.76. The normalized spacial score (nSPS) is 11.6. The van der Waals surface area contributed by atoms with Crippen molar-refractivity contribution in [1.82, 2.24) is 4.31 Å². The maximum Gasteiger partial charge on any atom is 0.243 e. The van der Waals surface area contributed by atoms with E-state index in [0.29, 0.717) is 27.7 Å². The molecule has 3 aromatic carbocycles. The first-order valence-corrected chi connectivity index (χ1v) is 13.2. The predicted octanol–water partition coefficient (Wildman–Crippen LogP) is 6.46. The van der Waals surface area contributed by atoms with Gasteiger partial charge in [0.1, 0.15) is 0 Å². The van der Waals surface area contributed by atoms with E-state index in [-0.39, 0.29) is 18.0 Å². The molecule has 0 fully saturated rings. The van der Waals surface area contributed by atoms with Crippen LogP contribution in [0.4, 0.5) is 5.69 Å². The third kappa shape index (κ3) is 6.58. The van der Waals surface area contributed by atoms with Gasteiger partial charge in [-0.15, -0.1) is 0 Å². The zero-order valence-electron chi connectivity index (χ0n) is 18.1. The first-order chi connectivity index (χ1) is 15.6. The molecule has 0 aliphatic carbocycles. The Morgan fingerprint density at radius 3 is 2.15 bits per heavy atom. The van der Waals surface area contributed by atoms with E-state index in [1.54, 1.807) is 24.3 Å². The summed E-state index contributed by atoms with van der Waals surface area (Å²) in [5.41, 5.74) is 3.25. The summed E-state index contributed by atoms with van der Waals surface area (Å²) in [6.07, 6.45) is 0.716. The van der Waals surface area contributed by atoms with Gasteiger partial charge in [-0.1, -0.05) is 58.2 Å².